The molecule has 0 aliphatic carbocycles. The number of rotatable bonds is 8. The van der Waals surface area contributed by atoms with E-state index in [-0.39, 0.29) is 25.2 Å². The molecule has 16 heavy (non-hydrogen) atoms. The SMILES string of the molecule is CCCCOC(=O)NCC(=O)CCC(=O)O. The number of unbranched alkanes of at least 4 members (excludes halogenated alkanes) is 1. The van der Waals surface area contributed by atoms with E-state index in [1.165, 1.54) is 0 Å². The number of Topliss-reactive ketones (excluding diaryl/α,β-unsaturated/α-hetero) is 1. The van der Waals surface area contributed by atoms with Crippen LogP contribution in [0.3, 0.4) is 0 Å². The lowest BCUT2D eigenvalue weighted by Gasteiger charge is -2.05. The minimum atomic E-state index is -1.03. The monoisotopic (exact) mass is 231 g/mol. The molecule has 0 radical (unpaired) electrons. The molecule has 0 heterocycles. The standard InChI is InChI=1S/C10H17NO5/c1-2-3-6-16-10(15)11-7-8(12)4-5-9(13)14/h2-7H2,1H3,(H,11,15)(H,13,14). The number of ketones is 1. The highest BCUT2D eigenvalue weighted by Crippen LogP contribution is 1.91. The van der Waals surface area contributed by atoms with E-state index in [9.17, 15) is 14.4 Å². The molecule has 0 aliphatic heterocycles. The quantitative estimate of drug-likeness (QED) is 0.606. The number of ether oxygens (including phenoxy) is 1. The number of carboxylic acids is 1. The second kappa shape index (κ2) is 8.70. The Balaban J connectivity index is 3.51. The molecule has 0 aromatic rings. The second-order valence-electron chi connectivity index (χ2n) is 3.28. The number of alkyl carbamates (subject to hydrolysis) is 1. The first-order chi connectivity index (χ1) is 7.56. The van der Waals surface area contributed by atoms with Crippen molar-refractivity contribution in [3.63, 3.8) is 0 Å². The van der Waals surface area contributed by atoms with Crippen LogP contribution in [0.2, 0.25) is 0 Å². The third-order valence-electron chi connectivity index (χ3n) is 1.78. The summed E-state index contributed by atoms with van der Waals surface area (Å²) in [5.41, 5.74) is 0. The summed E-state index contributed by atoms with van der Waals surface area (Å²) >= 11 is 0. The summed E-state index contributed by atoms with van der Waals surface area (Å²) in [5, 5.41) is 10.6. The predicted octanol–water partition coefficient (Wildman–Crippen LogP) is 0.947. The highest BCUT2D eigenvalue weighted by molar-refractivity contribution is 5.86. The van der Waals surface area contributed by atoms with Crippen LogP contribution >= 0.6 is 0 Å². The van der Waals surface area contributed by atoms with Gasteiger partial charge < -0.3 is 15.2 Å². The number of aliphatic carboxylic acids is 1. The van der Waals surface area contributed by atoms with Gasteiger partial charge in [0.1, 0.15) is 0 Å². The van der Waals surface area contributed by atoms with Gasteiger partial charge in [-0.3, -0.25) is 9.59 Å². The second-order valence-corrected chi connectivity index (χ2v) is 3.28. The molecule has 0 atom stereocenters. The maximum absolute atomic E-state index is 11.0. The minimum Gasteiger partial charge on any atom is -0.481 e. The fraction of sp³-hybridized carbons (Fsp3) is 0.700. The number of carbonyl (C=O) groups is 3. The van der Waals surface area contributed by atoms with Gasteiger partial charge in [0.05, 0.1) is 19.6 Å². The predicted molar refractivity (Wildman–Crippen MR) is 56.1 cm³/mol. The average Bonchev–Trinajstić information content (AvgIpc) is 2.24. The fourth-order valence-electron chi connectivity index (χ4n) is 0.866. The Kier molecular flexibility index (Phi) is 7.83. The molecule has 92 valence electrons. The van der Waals surface area contributed by atoms with Crippen LogP contribution in [-0.2, 0) is 14.3 Å². The van der Waals surface area contributed by atoms with Crippen molar-refractivity contribution in [2.45, 2.75) is 32.6 Å². The summed E-state index contributed by atoms with van der Waals surface area (Å²) in [5.74, 6) is -1.35. The molecule has 0 aromatic heterocycles. The van der Waals surface area contributed by atoms with Crippen LogP contribution in [0.1, 0.15) is 32.6 Å². The van der Waals surface area contributed by atoms with Crippen LogP contribution in [0.4, 0.5) is 4.79 Å². The van der Waals surface area contributed by atoms with Gasteiger partial charge in [-0.15, -0.1) is 0 Å². The highest BCUT2D eigenvalue weighted by Gasteiger charge is 2.08. The molecule has 1 amide bonds. The third-order valence-corrected chi connectivity index (χ3v) is 1.78. The molecule has 0 spiro atoms. The maximum Gasteiger partial charge on any atom is 0.407 e. The number of hydrogen-bond donors (Lipinski definition) is 2. The zero-order valence-electron chi connectivity index (χ0n) is 9.32. The van der Waals surface area contributed by atoms with Crippen LogP contribution in [0, 0.1) is 0 Å². The normalized spacial score (nSPS) is 9.56. The Hall–Kier alpha value is -1.59. The van der Waals surface area contributed by atoms with E-state index in [1.807, 2.05) is 6.92 Å². The Labute approximate surface area is 94.0 Å². The third kappa shape index (κ3) is 8.98. The summed E-state index contributed by atoms with van der Waals surface area (Å²) < 4.78 is 4.74. The summed E-state index contributed by atoms with van der Waals surface area (Å²) in [6.45, 7) is 2.11. The van der Waals surface area contributed by atoms with Crippen molar-refractivity contribution in [2.75, 3.05) is 13.2 Å². The van der Waals surface area contributed by atoms with Crippen molar-refractivity contribution in [2.24, 2.45) is 0 Å². The average molecular weight is 231 g/mol. The van der Waals surface area contributed by atoms with Gasteiger partial charge in [-0.1, -0.05) is 13.3 Å². The van der Waals surface area contributed by atoms with Gasteiger partial charge in [0.2, 0.25) is 0 Å². The van der Waals surface area contributed by atoms with Gasteiger partial charge >= 0.3 is 12.1 Å². The molecule has 0 fully saturated rings. The van der Waals surface area contributed by atoms with E-state index in [0.717, 1.165) is 12.8 Å². The fourth-order valence-corrected chi connectivity index (χ4v) is 0.866. The molecule has 0 aromatic carbocycles. The Morgan fingerprint density at radius 3 is 2.50 bits per heavy atom. The highest BCUT2D eigenvalue weighted by atomic mass is 16.5. The molecule has 0 aliphatic rings. The van der Waals surface area contributed by atoms with E-state index in [0.29, 0.717) is 6.61 Å². The Morgan fingerprint density at radius 2 is 1.94 bits per heavy atom. The first-order valence-electron chi connectivity index (χ1n) is 5.20. The number of carboxylic acid groups (broad SMARTS) is 1. The van der Waals surface area contributed by atoms with Crippen LogP contribution < -0.4 is 5.32 Å². The summed E-state index contributed by atoms with van der Waals surface area (Å²) in [6, 6.07) is 0. The van der Waals surface area contributed by atoms with Crippen LogP contribution in [-0.4, -0.2) is 36.1 Å². The smallest absolute Gasteiger partial charge is 0.407 e. The molecule has 0 rings (SSSR count). The Morgan fingerprint density at radius 1 is 1.25 bits per heavy atom. The van der Waals surface area contributed by atoms with Crippen molar-refractivity contribution >= 4 is 17.8 Å². The molecular weight excluding hydrogens is 214 g/mol. The molecule has 0 unspecified atom stereocenters. The van der Waals surface area contributed by atoms with E-state index in [2.05, 4.69) is 5.32 Å². The topological polar surface area (TPSA) is 92.7 Å². The summed E-state index contributed by atoms with van der Waals surface area (Å²) in [7, 11) is 0. The van der Waals surface area contributed by atoms with E-state index >= 15 is 0 Å². The van der Waals surface area contributed by atoms with Gasteiger partial charge in [0.15, 0.2) is 5.78 Å². The molecular formula is C10H17NO5. The van der Waals surface area contributed by atoms with Gasteiger partial charge in [-0.2, -0.15) is 0 Å². The van der Waals surface area contributed by atoms with Crippen molar-refractivity contribution in [1.82, 2.24) is 5.32 Å². The van der Waals surface area contributed by atoms with Gasteiger partial charge in [-0.25, -0.2) is 4.79 Å². The lowest BCUT2D eigenvalue weighted by Crippen LogP contribution is -2.30. The van der Waals surface area contributed by atoms with Gasteiger partial charge in [0, 0.05) is 6.42 Å². The van der Waals surface area contributed by atoms with Crippen LogP contribution in [0.25, 0.3) is 0 Å². The molecule has 6 nitrogen and oxygen atoms in total. The zero-order valence-corrected chi connectivity index (χ0v) is 9.32. The maximum atomic E-state index is 11.0. The van der Waals surface area contributed by atoms with Crippen molar-refractivity contribution < 1.29 is 24.2 Å². The molecule has 0 saturated carbocycles. The number of carbonyl (C=O) groups excluding carboxylic acids is 2. The number of nitrogens with one attached hydrogen (secondary N) is 1. The first kappa shape index (κ1) is 14.4. The van der Waals surface area contributed by atoms with Crippen molar-refractivity contribution in [3.8, 4) is 0 Å². The number of hydrogen-bond acceptors (Lipinski definition) is 4. The van der Waals surface area contributed by atoms with E-state index in [4.69, 9.17) is 9.84 Å². The van der Waals surface area contributed by atoms with Gasteiger partial charge in [-0.05, 0) is 6.42 Å². The van der Waals surface area contributed by atoms with E-state index in [1.54, 1.807) is 0 Å². The van der Waals surface area contributed by atoms with Crippen molar-refractivity contribution in [3.05, 3.63) is 0 Å². The summed E-state index contributed by atoms with van der Waals surface area (Å²) in [6.07, 6.45) is 0.762. The Bertz CT molecular complexity index is 252. The van der Waals surface area contributed by atoms with Crippen LogP contribution in [0.15, 0.2) is 0 Å². The molecule has 2 N–H and O–H groups in total. The van der Waals surface area contributed by atoms with E-state index < -0.39 is 12.1 Å². The number of amides is 1. The lowest BCUT2D eigenvalue weighted by molar-refractivity contribution is -0.138. The van der Waals surface area contributed by atoms with Crippen LogP contribution in [0.5, 0.6) is 0 Å². The first-order valence-corrected chi connectivity index (χ1v) is 5.20. The molecule has 0 bridgehead atoms. The van der Waals surface area contributed by atoms with Crippen molar-refractivity contribution in [1.29, 1.82) is 0 Å². The minimum absolute atomic E-state index is 0.0788. The van der Waals surface area contributed by atoms with Gasteiger partial charge in [0.25, 0.3) is 0 Å². The molecule has 0 saturated heterocycles. The lowest BCUT2D eigenvalue weighted by atomic mass is 10.2. The molecule has 6 heteroatoms. The summed E-state index contributed by atoms with van der Waals surface area (Å²) in [4.78, 5) is 32.2. The zero-order chi connectivity index (χ0) is 12.4. The largest absolute Gasteiger partial charge is 0.481 e.